The second-order valence-corrected chi connectivity index (χ2v) is 3.77. The average Bonchev–Trinajstić information content (AvgIpc) is 2.35. The number of anilines is 1. The molecule has 2 rings (SSSR count). The Bertz CT molecular complexity index is 512. The summed E-state index contributed by atoms with van der Waals surface area (Å²) in [6.07, 6.45) is 3.30. The predicted octanol–water partition coefficient (Wildman–Crippen LogP) is 3.28. The standard InChI is InChI=1S/C13H12F2N2/c1-9-4-5-11(14)13(12(9)15)17-8-10-3-2-6-16-7-10/h2-7,17H,8H2,1H3. The topological polar surface area (TPSA) is 24.9 Å². The van der Waals surface area contributed by atoms with Gasteiger partial charge in [0, 0.05) is 18.9 Å². The van der Waals surface area contributed by atoms with Crippen molar-refractivity contribution in [2.75, 3.05) is 5.32 Å². The summed E-state index contributed by atoms with van der Waals surface area (Å²) in [6.45, 7) is 1.94. The van der Waals surface area contributed by atoms with E-state index in [1.54, 1.807) is 25.4 Å². The molecule has 0 aliphatic heterocycles. The molecule has 88 valence electrons. The molecule has 0 aliphatic carbocycles. The number of hydrogen-bond acceptors (Lipinski definition) is 2. The fourth-order valence-electron chi connectivity index (χ4n) is 1.51. The van der Waals surface area contributed by atoms with Gasteiger partial charge < -0.3 is 5.32 Å². The molecule has 0 amide bonds. The van der Waals surface area contributed by atoms with Gasteiger partial charge in [-0.1, -0.05) is 12.1 Å². The maximum atomic E-state index is 13.6. The fourth-order valence-corrected chi connectivity index (χ4v) is 1.51. The Balaban J connectivity index is 2.17. The highest BCUT2D eigenvalue weighted by Gasteiger charge is 2.10. The van der Waals surface area contributed by atoms with Gasteiger partial charge in [0.1, 0.15) is 11.5 Å². The van der Waals surface area contributed by atoms with Crippen molar-refractivity contribution < 1.29 is 8.78 Å². The van der Waals surface area contributed by atoms with Crippen molar-refractivity contribution in [2.45, 2.75) is 13.5 Å². The molecule has 0 unspecified atom stereocenters. The zero-order valence-electron chi connectivity index (χ0n) is 9.37. The molecule has 1 aromatic carbocycles. The summed E-state index contributed by atoms with van der Waals surface area (Å²) in [6, 6.07) is 6.29. The first-order chi connectivity index (χ1) is 8.18. The summed E-state index contributed by atoms with van der Waals surface area (Å²) in [5, 5.41) is 2.75. The van der Waals surface area contributed by atoms with E-state index in [0.29, 0.717) is 12.1 Å². The lowest BCUT2D eigenvalue weighted by molar-refractivity contribution is 0.582. The first-order valence-electron chi connectivity index (χ1n) is 5.26. The van der Waals surface area contributed by atoms with Crippen molar-refractivity contribution >= 4 is 5.69 Å². The smallest absolute Gasteiger partial charge is 0.152 e. The third kappa shape index (κ3) is 2.58. The molecule has 1 aromatic heterocycles. The van der Waals surface area contributed by atoms with Gasteiger partial charge in [0.2, 0.25) is 0 Å². The molecule has 1 heterocycles. The van der Waals surface area contributed by atoms with E-state index in [2.05, 4.69) is 10.3 Å². The Labute approximate surface area is 98.3 Å². The van der Waals surface area contributed by atoms with E-state index in [1.165, 1.54) is 12.1 Å². The summed E-state index contributed by atoms with van der Waals surface area (Å²) >= 11 is 0. The van der Waals surface area contributed by atoms with Crippen molar-refractivity contribution in [1.29, 1.82) is 0 Å². The van der Waals surface area contributed by atoms with Crippen LogP contribution in [0.3, 0.4) is 0 Å². The van der Waals surface area contributed by atoms with Gasteiger partial charge in [-0.25, -0.2) is 8.78 Å². The lowest BCUT2D eigenvalue weighted by Crippen LogP contribution is -2.05. The lowest BCUT2D eigenvalue weighted by atomic mass is 10.2. The molecule has 0 aliphatic rings. The highest BCUT2D eigenvalue weighted by molar-refractivity contribution is 5.49. The second kappa shape index (κ2) is 4.91. The zero-order chi connectivity index (χ0) is 12.3. The lowest BCUT2D eigenvalue weighted by Gasteiger charge is -2.10. The van der Waals surface area contributed by atoms with Gasteiger partial charge in [0.15, 0.2) is 5.82 Å². The van der Waals surface area contributed by atoms with Crippen LogP contribution in [0.5, 0.6) is 0 Å². The van der Waals surface area contributed by atoms with Gasteiger partial charge >= 0.3 is 0 Å². The maximum absolute atomic E-state index is 13.6. The van der Waals surface area contributed by atoms with Crippen LogP contribution in [-0.4, -0.2) is 4.98 Å². The third-order valence-corrected chi connectivity index (χ3v) is 2.48. The van der Waals surface area contributed by atoms with E-state index >= 15 is 0 Å². The summed E-state index contributed by atoms with van der Waals surface area (Å²) in [4.78, 5) is 3.93. The van der Waals surface area contributed by atoms with Crippen LogP contribution in [0.1, 0.15) is 11.1 Å². The number of pyridine rings is 1. The van der Waals surface area contributed by atoms with Crippen molar-refractivity contribution in [3.05, 3.63) is 59.4 Å². The molecule has 0 bridgehead atoms. The molecule has 0 atom stereocenters. The minimum Gasteiger partial charge on any atom is -0.376 e. The molecule has 2 aromatic rings. The fraction of sp³-hybridized carbons (Fsp3) is 0.154. The number of nitrogens with zero attached hydrogens (tertiary/aromatic N) is 1. The van der Waals surface area contributed by atoms with Gasteiger partial charge in [0.05, 0.1) is 0 Å². The number of benzene rings is 1. The first-order valence-corrected chi connectivity index (χ1v) is 5.26. The number of halogens is 2. The van der Waals surface area contributed by atoms with Crippen LogP contribution in [0, 0.1) is 18.6 Å². The van der Waals surface area contributed by atoms with Crippen LogP contribution in [0.2, 0.25) is 0 Å². The van der Waals surface area contributed by atoms with Crippen LogP contribution in [-0.2, 0) is 6.54 Å². The van der Waals surface area contributed by atoms with Crippen molar-refractivity contribution in [3.63, 3.8) is 0 Å². The first kappa shape index (κ1) is 11.5. The second-order valence-electron chi connectivity index (χ2n) is 3.77. The number of aryl methyl sites for hydroxylation is 1. The molecular formula is C13H12F2N2. The van der Waals surface area contributed by atoms with E-state index in [0.717, 1.165) is 5.56 Å². The summed E-state index contributed by atoms with van der Waals surface area (Å²) in [5.41, 5.74) is 1.20. The molecular weight excluding hydrogens is 222 g/mol. The maximum Gasteiger partial charge on any atom is 0.152 e. The van der Waals surface area contributed by atoms with Crippen LogP contribution in [0.4, 0.5) is 14.5 Å². The normalized spacial score (nSPS) is 10.3. The molecule has 0 fully saturated rings. The summed E-state index contributed by atoms with van der Waals surface area (Å²) < 4.78 is 27.1. The Morgan fingerprint density at radius 3 is 2.76 bits per heavy atom. The molecule has 1 N–H and O–H groups in total. The molecule has 17 heavy (non-hydrogen) atoms. The predicted molar refractivity (Wildman–Crippen MR) is 62.7 cm³/mol. The quantitative estimate of drug-likeness (QED) is 0.881. The molecule has 4 heteroatoms. The van der Waals surface area contributed by atoms with E-state index in [4.69, 9.17) is 0 Å². The molecule has 0 saturated carbocycles. The van der Waals surface area contributed by atoms with Gasteiger partial charge in [-0.05, 0) is 30.2 Å². The van der Waals surface area contributed by atoms with Crippen molar-refractivity contribution in [1.82, 2.24) is 4.98 Å². The Morgan fingerprint density at radius 1 is 1.24 bits per heavy atom. The van der Waals surface area contributed by atoms with E-state index in [9.17, 15) is 8.78 Å². The largest absolute Gasteiger partial charge is 0.376 e. The number of aromatic nitrogens is 1. The highest BCUT2D eigenvalue weighted by atomic mass is 19.1. The van der Waals surface area contributed by atoms with Gasteiger partial charge in [0.25, 0.3) is 0 Å². The minimum absolute atomic E-state index is 0.0890. The number of rotatable bonds is 3. The third-order valence-electron chi connectivity index (χ3n) is 2.48. The highest BCUT2D eigenvalue weighted by Crippen LogP contribution is 2.22. The van der Waals surface area contributed by atoms with Crippen LogP contribution in [0.15, 0.2) is 36.7 Å². The van der Waals surface area contributed by atoms with Gasteiger partial charge in [-0.3, -0.25) is 4.98 Å². The van der Waals surface area contributed by atoms with Crippen LogP contribution >= 0.6 is 0 Å². The van der Waals surface area contributed by atoms with E-state index in [1.807, 2.05) is 6.07 Å². The Morgan fingerprint density at radius 2 is 2.06 bits per heavy atom. The Kier molecular flexibility index (Phi) is 3.32. The number of hydrogen-bond donors (Lipinski definition) is 1. The minimum atomic E-state index is -0.586. The average molecular weight is 234 g/mol. The molecule has 2 nitrogen and oxygen atoms in total. The van der Waals surface area contributed by atoms with Gasteiger partial charge in [-0.2, -0.15) is 0 Å². The summed E-state index contributed by atoms with van der Waals surface area (Å²) in [5.74, 6) is -1.13. The van der Waals surface area contributed by atoms with Gasteiger partial charge in [-0.15, -0.1) is 0 Å². The van der Waals surface area contributed by atoms with Crippen molar-refractivity contribution in [3.8, 4) is 0 Å². The van der Waals surface area contributed by atoms with Crippen molar-refractivity contribution in [2.24, 2.45) is 0 Å². The monoisotopic (exact) mass is 234 g/mol. The zero-order valence-corrected chi connectivity index (χ0v) is 9.37. The Hall–Kier alpha value is -1.97. The molecule has 0 saturated heterocycles. The molecule has 0 radical (unpaired) electrons. The van der Waals surface area contributed by atoms with E-state index < -0.39 is 11.6 Å². The van der Waals surface area contributed by atoms with Crippen LogP contribution in [0.25, 0.3) is 0 Å². The van der Waals surface area contributed by atoms with E-state index in [-0.39, 0.29) is 5.69 Å². The van der Waals surface area contributed by atoms with Crippen LogP contribution < -0.4 is 5.32 Å². The number of nitrogens with one attached hydrogen (secondary N) is 1. The SMILES string of the molecule is Cc1ccc(F)c(NCc2cccnc2)c1F. The molecule has 0 spiro atoms. The summed E-state index contributed by atoms with van der Waals surface area (Å²) in [7, 11) is 0.